The van der Waals surface area contributed by atoms with Crippen molar-refractivity contribution in [2.45, 2.75) is 51.7 Å². The number of aromatic nitrogens is 5. The molecule has 3 atom stereocenters. The number of rotatable bonds is 3. The number of pyridine rings is 1. The van der Waals surface area contributed by atoms with Crippen molar-refractivity contribution in [2.75, 3.05) is 0 Å². The summed E-state index contributed by atoms with van der Waals surface area (Å²) in [5.74, 6) is 0.285. The fourth-order valence-electron chi connectivity index (χ4n) is 4.51. The molecule has 0 amide bonds. The SMILES string of the molecule is Cc1cc2c(-c3ccc(Cl)cc3F)nc([C@H]3C[C@@H](C)O[C@@H](c4cnn(C)c4)C3)nc2nc1C. The number of nitrogens with zero attached hydrogens (tertiary/aromatic N) is 5. The minimum atomic E-state index is -0.416. The van der Waals surface area contributed by atoms with E-state index in [1.807, 2.05) is 39.4 Å². The highest BCUT2D eigenvalue weighted by atomic mass is 35.5. The molecule has 5 rings (SSSR count). The van der Waals surface area contributed by atoms with Crippen LogP contribution in [0.1, 0.15) is 54.4 Å². The first-order valence-electron chi connectivity index (χ1n) is 11.0. The Kier molecular flexibility index (Phi) is 5.62. The van der Waals surface area contributed by atoms with E-state index in [0.29, 0.717) is 27.8 Å². The summed E-state index contributed by atoms with van der Waals surface area (Å²) in [6.07, 6.45) is 5.23. The van der Waals surface area contributed by atoms with Gasteiger partial charge in [-0.2, -0.15) is 5.10 Å². The van der Waals surface area contributed by atoms with Gasteiger partial charge < -0.3 is 4.74 Å². The molecule has 0 aliphatic carbocycles. The topological polar surface area (TPSA) is 65.7 Å². The molecule has 4 heterocycles. The van der Waals surface area contributed by atoms with Crippen LogP contribution in [0.4, 0.5) is 4.39 Å². The van der Waals surface area contributed by atoms with E-state index in [1.165, 1.54) is 6.07 Å². The number of fused-ring (bicyclic) bond motifs is 1. The third-order valence-corrected chi connectivity index (χ3v) is 6.54. The van der Waals surface area contributed by atoms with Gasteiger partial charge >= 0.3 is 0 Å². The molecular weight excluding hydrogens is 441 g/mol. The van der Waals surface area contributed by atoms with Crippen molar-refractivity contribution in [1.82, 2.24) is 24.7 Å². The van der Waals surface area contributed by atoms with Gasteiger partial charge in [0.1, 0.15) is 11.6 Å². The molecule has 1 aliphatic rings. The number of hydrogen-bond acceptors (Lipinski definition) is 5. The van der Waals surface area contributed by atoms with Gasteiger partial charge in [-0.05, 0) is 63.4 Å². The molecule has 0 radical (unpaired) electrons. The van der Waals surface area contributed by atoms with Crippen LogP contribution in [-0.4, -0.2) is 30.8 Å². The minimum Gasteiger partial charge on any atom is -0.370 e. The molecule has 6 nitrogen and oxygen atoms in total. The molecule has 8 heteroatoms. The summed E-state index contributed by atoms with van der Waals surface area (Å²) < 4.78 is 23.0. The molecule has 1 aliphatic heterocycles. The zero-order valence-electron chi connectivity index (χ0n) is 19.0. The predicted octanol–water partition coefficient (Wildman–Crippen LogP) is 5.86. The first-order chi connectivity index (χ1) is 15.8. The molecule has 1 aromatic carbocycles. The maximum absolute atomic E-state index is 15.0. The van der Waals surface area contributed by atoms with E-state index in [1.54, 1.807) is 16.8 Å². The first kappa shape index (κ1) is 21.9. The summed E-state index contributed by atoms with van der Waals surface area (Å²) in [4.78, 5) is 14.5. The summed E-state index contributed by atoms with van der Waals surface area (Å²) in [6, 6.07) is 6.64. The van der Waals surface area contributed by atoms with Gasteiger partial charge in [-0.3, -0.25) is 4.68 Å². The fraction of sp³-hybridized carbons (Fsp3) is 0.360. The standard InChI is InChI=1S/C25H25ClFN5O/c1-13-7-20-23(19-6-5-18(26)10-21(19)27)30-24(31-25(20)29-15(13)3)16-8-14(2)33-22(9-16)17-11-28-32(4)12-17/h5-7,10-12,14,16,22H,8-9H2,1-4H3/t14-,16+,22-/m1/s1. The molecule has 1 saturated heterocycles. The summed E-state index contributed by atoms with van der Waals surface area (Å²) in [5, 5.41) is 5.36. The van der Waals surface area contributed by atoms with Gasteiger partial charge in [0, 0.05) is 46.4 Å². The lowest BCUT2D eigenvalue weighted by Gasteiger charge is -2.33. The zero-order valence-corrected chi connectivity index (χ0v) is 19.8. The van der Waals surface area contributed by atoms with Crippen molar-refractivity contribution >= 4 is 22.6 Å². The van der Waals surface area contributed by atoms with E-state index in [9.17, 15) is 4.39 Å². The van der Waals surface area contributed by atoms with Crippen LogP contribution in [0, 0.1) is 19.7 Å². The molecule has 1 fully saturated rings. The second kappa shape index (κ2) is 8.47. The number of aryl methyl sites for hydroxylation is 3. The predicted molar refractivity (Wildman–Crippen MR) is 126 cm³/mol. The second-order valence-electron chi connectivity index (χ2n) is 8.87. The molecule has 0 spiro atoms. The maximum Gasteiger partial charge on any atom is 0.163 e. The highest BCUT2D eigenvalue weighted by Crippen LogP contribution is 2.40. The van der Waals surface area contributed by atoms with E-state index in [0.717, 1.165) is 35.0 Å². The molecule has 33 heavy (non-hydrogen) atoms. The monoisotopic (exact) mass is 465 g/mol. The van der Waals surface area contributed by atoms with Crippen LogP contribution in [0.2, 0.25) is 5.02 Å². The molecule has 0 saturated carbocycles. The summed E-state index contributed by atoms with van der Waals surface area (Å²) >= 11 is 6.01. The van der Waals surface area contributed by atoms with Crippen molar-refractivity contribution in [3.8, 4) is 11.3 Å². The Morgan fingerprint density at radius 3 is 2.67 bits per heavy atom. The van der Waals surface area contributed by atoms with E-state index >= 15 is 0 Å². The summed E-state index contributed by atoms with van der Waals surface area (Å²) in [7, 11) is 1.89. The van der Waals surface area contributed by atoms with Crippen LogP contribution in [0.15, 0.2) is 36.7 Å². The van der Waals surface area contributed by atoms with Gasteiger partial charge in [0.25, 0.3) is 0 Å². The number of benzene rings is 1. The fourth-order valence-corrected chi connectivity index (χ4v) is 4.67. The average Bonchev–Trinajstić information content (AvgIpc) is 3.20. The smallest absolute Gasteiger partial charge is 0.163 e. The van der Waals surface area contributed by atoms with Gasteiger partial charge in [0.15, 0.2) is 5.65 Å². The third kappa shape index (κ3) is 4.23. The van der Waals surface area contributed by atoms with Crippen LogP contribution in [0.5, 0.6) is 0 Å². The van der Waals surface area contributed by atoms with Gasteiger partial charge in [-0.25, -0.2) is 19.3 Å². The normalized spacial score (nSPS) is 21.0. The van der Waals surface area contributed by atoms with Gasteiger partial charge in [-0.1, -0.05) is 11.6 Å². The van der Waals surface area contributed by atoms with Crippen molar-refractivity contribution in [2.24, 2.45) is 7.05 Å². The maximum atomic E-state index is 15.0. The molecule has 3 aromatic heterocycles. The molecule has 0 unspecified atom stereocenters. The van der Waals surface area contributed by atoms with E-state index in [4.69, 9.17) is 31.3 Å². The Hall–Kier alpha value is -2.90. The van der Waals surface area contributed by atoms with Gasteiger partial charge in [0.05, 0.1) is 24.1 Å². The first-order valence-corrected chi connectivity index (χ1v) is 11.4. The van der Waals surface area contributed by atoms with E-state index in [-0.39, 0.29) is 18.1 Å². The zero-order chi connectivity index (χ0) is 23.3. The van der Waals surface area contributed by atoms with Crippen LogP contribution < -0.4 is 0 Å². The quantitative estimate of drug-likeness (QED) is 0.379. The molecular formula is C25H25ClFN5O. The Morgan fingerprint density at radius 2 is 1.94 bits per heavy atom. The minimum absolute atomic E-state index is 0.0247. The van der Waals surface area contributed by atoms with Gasteiger partial charge in [0.2, 0.25) is 0 Å². The highest BCUT2D eigenvalue weighted by molar-refractivity contribution is 6.30. The summed E-state index contributed by atoms with van der Waals surface area (Å²) in [6.45, 7) is 5.99. The van der Waals surface area contributed by atoms with Crippen LogP contribution >= 0.6 is 11.6 Å². The lowest BCUT2D eigenvalue weighted by Crippen LogP contribution is -2.26. The van der Waals surface area contributed by atoms with Crippen LogP contribution in [0.25, 0.3) is 22.3 Å². The van der Waals surface area contributed by atoms with E-state index in [2.05, 4.69) is 12.0 Å². The highest BCUT2D eigenvalue weighted by Gasteiger charge is 2.32. The van der Waals surface area contributed by atoms with Crippen molar-refractivity contribution < 1.29 is 9.13 Å². The Morgan fingerprint density at radius 1 is 1.12 bits per heavy atom. The van der Waals surface area contributed by atoms with Crippen molar-refractivity contribution in [1.29, 1.82) is 0 Å². The Bertz CT molecular complexity index is 1350. The lowest BCUT2D eigenvalue weighted by atomic mass is 9.89. The molecule has 0 N–H and O–H groups in total. The van der Waals surface area contributed by atoms with Crippen LogP contribution in [-0.2, 0) is 11.8 Å². The van der Waals surface area contributed by atoms with Crippen LogP contribution in [0.3, 0.4) is 0 Å². The molecule has 4 aromatic rings. The second-order valence-corrected chi connectivity index (χ2v) is 9.30. The van der Waals surface area contributed by atoms with Crippen molar-refractivity contribution in [3.05, 3.63) is 70.1 Å². The molecule has 170 valence electrons. The Balaban J connectivity index is 1.64. The summed E-state index contributed by atoms with van der Waals surface area (Å²) in [5.41, 5.74) is 4.43. The average molecular weight is 466 g/mol. The van der Waals surface area contributed by atoms with Crippen molar-refractivity contribution in [3.63, 3.8) is 0 Å². The Labute approximate surface area is 196 Å². The largest absolute Gasteiger partial charge is 0.370 e. The number of ether oxygens (including phenoxy) is 1. The number of hydrogen-bond donors (Lipinski definition) is 0. The number of halogens is 2. The lowest BCUT2D eigenvalue weighted by molar-refractivity contribution is -0.0511. The van der Waals surface area contributed by atoms with Gasteiger partial charge in [-0.15, -0.1) is 0 Å². The van der Waals surface area contributed by atoms with E-state index < -0.39 is 5.82 Å². The molecule has 0 bridgehead atoms. The third-order valence-electron chi connectivity index (χ3n) is 6.31.